The fraction of sp³-hybridized carbons (Fsp3) is 0.143. The summed E-state index contributed by atoms with van der Waals surface area (Å²) in [5, 5.41) is 8.71. The van der Waals surface area contributed by atoms with Crippen LogP contribution in [0.3, 0.4) is 0 Å². The van der Waals surface area contributed by atoms with Crippen LogP contribution in [0.5, 0.6) is 5.75 Å². The van der Waals surface area contributed by atoms with E-state index in [0.717, 1.165) is 23.4 Å². The molecule has 1 aliphatic rings. The van der Waals surface area contributed by atoms with E-state index in [9.17, 15) is 18.4 Å². The fourth-order valence-electron chi connectivity index (χ4n) is 4.11. The number of ether oxygens (including phenoxy) is 1. The molecule has 0 saturated heterocycles. The molecule has 2 aromatic carbocycles. The van der Waals surface area contributed by atoms with Gasteiger partial charge in [-0.25, -0.2) is 18.7 Å². The van der Waals surface area contributed by atoms with E-state index < -0.39 is 23.6 Å². The Kier molecular flexibility index (Phi) is 7.30. The molecule has 0 spiro atoms. The lowest BCUT2D eigenvalue weighted by atomic mass is 10.1. The van der Waals surface area contributed by atoms with Crippen LogP contribution in [0.4, 0.5) is 20.3 Å². The number of imidazole rings is 1. The van der Waals surface area contributed by atoms with Crippen LogP contribution < -0.4 is 20.7 Å². The number of amides is 2. The Hall–Kier alpha value is -5.06. The number of nitrogens with one attached hydrogen (secondary N) is 4. The quantitative estimate of drug-likeness (QED) is 0.186. The van der Waals surface area contributed by atoms with E-state index in [2.05, 4.69) is 30.9 Å². The summed E-state index contributed by atoms with van der Waals surface area (Å²) in [6.07, 6.45) is 6.46. The molecule has 1 aliphatic heterocycles. The van der Waals surface area contributed by atoms with Gasteiger partial charge >= 0.3 is 0 Å². The SMILES string of the molecule is CC(NC(=O)c1cccnc1NCCOc1ccc2c(c1)NC(=O)C2=Cc1cnc[nH]1)c1ccc(F)c(F)c1. The second kappa shape index (κ2) is 11.1. The monoisotopic (exact) mass is 530 g/mol. The Balaban J connectivity index is 1.18. The van der Waals surface area contributed by atoms with Crippen molar-refractivity contribution < 1.29 is 23.1 Å². The normalized spacial score (nSPS) is 14.0. The molecule has 1 atom stereocenters. The van der Waals surface area contributed by atoms with E-state index in [0.29, 0.717) is 40.5 Å². The van der Waals surface area contributed by atoms with Crippen LogP contribution in [0.2, 0.25) is 0 Å². The number of carbonyl (C=O) groups is 2. The molecule has 9 nitrogen and oxygen atoms in total. The largest absolute Gasteiger partial charge is 0.492 e. The maximum Gasteiger partial charge on any atom is 0.256 e. The first-order chi connectivity index (χ1) is 18.9. The molecule has 2 amide bonds. The fourth-order valence-corrected chi connectivity index (χ4v) is 4.11. The lowest BCUT2D eigenvalue weighted by Gasteiger charge is -2.16. The second-order valence-corrected chi connectivity index (χ2v) is 8.77. The van der Waals surface area contributed by atoms with Crippen LogP contribution in [0, 0.1) is 11.6 Å². The minimum Gasteiger partial charge on any atom is -0.492 e. The van der Waals surface area contributed by atoms with Crippen LogP contribution in [-0.2, 0) is 4.79 Å². The van der Waals surface area contributed by atoms with Crippen molar-refractivity contribution in [1.29, 1.82) is 0 Å². The molecule has 2 aromatic heterocycles. The van der Waals surface area contributed by atoms with Crippen molar-refractivity contribution in [3.05, 3.63) is 101 Å². The molecule has 4 aromatic rings. The first-order valence-electron chi connectivity index (χ1n) is 12.1. The number of hydrogen-bond acceptors (Lipinski definition) is 6. The molecule has 5 rings (SSSR count). The number of benzene rings is 2. The number of anilines is 2. The van der Waals surface area contributed by atoms with Crippen LogP contribution in [0.1, 0.15) is 40.1 Å². The number of carbonyl (C=O) groups excluding carboxylic acids is 2. The molecule has 0 aliphatic carbocycles. The Labute approximate surface area is 222 Å². The highest BCUT2D eigenvalue weighted by atomic mass is 19.2. The summed E-state index contributed by atoms with van der Waals surface area (Å²) in [6.45, 7) is 2.27. The van der Waals surface area contributed by atoms with Gasteiger partial charge < -0.3 is 25.7 Å². The van der Waals surface area contributed by atoms with Crippen molar-refractivity contribution in [1.82, 2.24) is 20.3 Å². The summed E-state index contributed by atoms with van der Waals surface area (Å²) < 4.78 is 32.7. The van der Waals surface area contributed by atoms with Gasteiger partial charge in [-0.3, -0.25) is 9.59 Å². The van der Waals surface area contributed by atoms with Crippen LogP contribution in [0.25, 0.3) is 11.6 Å². The average molecular weight is 531 g/mol. The molecule has 0 bridgehead atoms. The van der Waals surface area contributed by atoms with Gasteiger partial charge in [0, 0.05) is 17.8 Å². The number of H-pyrrole nitrogens is 1. The smallest absolute Gasteiger partial charge is 0.256 e. The van der Waals surface area contributed by atoms with Crippen molar-refractivity contribution in [2.24, 2.45) is 0 Å². The zero-order valence-corrected chi connectivity index (χ0v) is 20.8. The van der Waals surface area contributed by atoms with Gasteiger partial charge in [0.2, 0.25) is 0 Å². The predicted molar refractivity (Wildman–Crippen MR) is 142 cm³/mol. The van der Waals surface area contributed by atoms with Gasteiger partial charge in [-0.05, 0) is 55.0 Å². The Morgan fingerprint density at radius 2 is 2.03 bits per heavy atom. The van der Waals surface area contributed by atoms with E-state index in [1.807, 2.05) is 6.07 Å². The molecule has 39 heavy (non-hydrogen) atoms. The van der Waals surface area contributed by atoms with Crippen LogP contribution in [0.15, 0.2) is 67.3 Å². The maximum atomic E-state index is 13.6. The van der Waals surface area contributed by atoms with Gasteiger partial charge in [-0.1, -0.05) is 6.07 Å². The lowest BCUT2D eigenvalue weighted by molar-refractivity contribution is -0.110. The topological polar surface area (TPSA) is 121 Å². The third kappa shape index (κ3) is 5.77. The van der Waals surface area contributed by atoms with E-state index >= 15 is 0 Å². The predicted octanol–water partition coefficient (Wildman–Crippen LogP) is 4.56. The standard InChI is InChI=1S/C28H24F2N6O3/c1-16(17-4-7-23(29)24(30)11-17)35-27(37)21-3-2-8-32-26(21)33-9-10-39-19-5-6-20-22(12-18-14-31-15-34-18)28(38)36-25(20)13-19/h2-8,11-16H,9-10H2,1H3,(H,31,34)(H,32,33)(H,35,37)(H,36,38). The van der Waals surface area contributed by atoms with Crippen molar-refractivity contribution in [2.45, 2.75) is 13.0 Å². The summed E-state index contributed by atoms with van der Waals surface area (Å²) in [5.74, 6) is -1.64. The van der Waals surface area contributed by atoms with Crippen molar-refractivity contribution in [3.63, 3.8) is 0 Å². The van der Waals surface area contributed by atoms with E-state index in [-0.39, 0.29) is 12.5 Å². The zero-order chi connectivity index (χ0) is 27.4. The summed E-state index contributed by atoms with van der Waals surface area (Å²) in [4.78, 5) is 36.5. The molecular weight excluding hydrogens is 506 g/mol. The highest BCUT2D eigenvalue weighted by molar-refractivity contribution is 6.34. The first kappa shape index (κ1) is 25.6. The average Bonchev–Trinajstić information content (AvgIpc) is 3.55. The number of pyridine rings is 1. The Morgan fingerprint density at radius 1 is 1.15 bits per heavy atom. The number of halogens is 2. The van der Waals surface area contributed by atoms with Crippen LogP contribution in [-0.4, -0.2) is 39.9 Å². The third-order valence-electron chi connectivity index (χ3n) is 6.10. The number of fused-ring (bicyclic) bond motifs is 1. The minimum absolute atomic E-state index is 0.210. The molecule has 198 valence electrons. The number of nitrogens with zero attached hydrogens (tertiary/aromatic N) is 2. The third-order valence-corrected chi connectivity index (χ3v) is 6.10. The molecule has 0 fully saturated rings. The Bertz CT molecular complexity index is 1550. The maximum absolute atomic E-state index is 13.6. The molecule has 0 radical (unpaired) electrons. The number of hydrogen-bond donors (Lipinski definition) is 4. The van der Waals surface area contributed by atoms with Gasteiger partial charge in [-0.15, -0.1) is 0 Å². The molecule has 4 N–H and O–H groups in total. The number of rotatable bonds is 9. The minimum atomic E-state index is -0.978. The van der Waals surface area contributed by atoms with E-state index in [1.54, 1.807) is 56.0 Å². The lowest BCUT2D eigenvalue weighted by Crippen LogP contribution is -2.28. The highest BCUT2D eigenvalue weighted by Crippen LogP contribution is 2.35. The molecule has 1 unspecified atom stereocenters. The molecule has 11 heteroatoms. The van der Waals surface area contributed by atoms with Gasteiger partial charge in [0.05, 0.1) is 47.6 Å². The molecular formula is C28H24F2N6O3. The summed E-state index contributed by atoms with van der Waals surface area (Å²) in [6, 6.07) is 11.5. The van der Waals surface area contributed by atoms with E-state index in [1.165, 1.54) is 6.07 Å². The van der Waals surface area contributed by atoms with Gasteiger partial charge in [0.15, 0.2) is 11.6 Å². The van der Waals surface area contributed by atoms with Crippen molar-refractivity contribution in [2.75, 3.05) is 23.8 Å². The second-order valence-electron chi connectivity index (χ2n) is 8.77. The van der Waals surface area contributed by atoms with Crippen molar-refractivity contribution in [3.8, 4) is 5.75 Å². The summed E-state index contributed by atoms with van der Waals surface area (Å²) in [7, 11) is 0. The summed E-state index contributed by atoms with van der Waals surface area (Å²) >= 11 is 0. The highest BCUT2D eigenvalue weighted by Gasteiger charge is 2.24. The Morgan fingerprint density at radius 3 is 2.82 bits per heavy atom. The van der Waals surface area contributed by atoms with Crippen LogP contribution >= 0.6 is 0 Å². The molecule has 0 saturated carbocycles. The van der Waals surface area contributed by atoms with Gasteiger partial charge in [0.25, 0.3) is 11.8 Å². The summed E-state index contributed by atoms with van der Waals surface area (Å²) in [5.41, 5.74) is 3.40. The van der Waals surface area contributed by atoms with Crippen molar-refractivity contribution >= 4 is 35.0 Å². The number of aromatic nitrogens is 3. The van der Waals surface area contributed by atoms with Gasteiger partial charge in [-0.2, -0.15) is 0 Å². The molecule has 3 heterocycles. The zero-order valence-electron chi connectivity index (χ0n) is 20.8. The van der Waals surface area contributed by atoms with E-state index in [4.69, 9.17) is 4.74 Å². The number of aromatic amines is 1. The first-order valence-corrected chi connectivity index (χ1v) is 12.1. The van der Waals surface area contributed by atoms with Gasteiger partial charge in [0.1, 0.15) is 18.2 Å².